The Labute approximate surface area is 59.6 Å². The first-order chi connectivity index (χ1) is 0. The topological polar surface area (TPSA) is 31.5 Å². The molecule has 0 unspecified atom stereocenters. The largest absolute Gasteiger partial charge is 0.412 e. The molecule has 1 radical (unpaired) electrons. The second kappa shape index (κ2) is 22.8. The van der Waals surface area contributed by atoms with E-state index < -0.39 is 0 Å². The van der Waals surface area contributed by atoms with Crippen molar-refractivity contribution < 1.29 is 59.8 Å². The van der Waals surface area contributed by atoms with Crippen molar-refractivity contribution in [3.05, 3.63) is 0 Å². The summed E-state index contributed by atoms with van der Waals surface area (Å²) in [6.07, 6.45) is 0. The second-order valence-corrected chi connectivity index (χ2v) is 0. The third kappa shape index (κ3) is 9.42. The Bertz CT molecular complexity index is 8.00. The van der Waals surface area contributed by atoms with Crippen molar-refractivity contribution in [3.63, 3.8) is 0 Å². The van der Waals surface area contributed by atoms with Crippen LogP contribution in [0, 0.1) is 0 Å². The van der Waals surface area contributed by atoms with Gasteiger partial charge in [-0.15, -0.1) is 0 Å². The molecule has 0 amide bonds. The molecule has 0 aliphatic heterocycles. The van der Waals surface area contributed by atoms with E-state index in [0.717, 1.165) is 0 Å². The zero-order valence-electron chi connectivity index (χ0n) is 1.56. The Kier molecular flexibility index (Phi) is 256. The first-order valence-electron chi connectivity index (χ1n) is 0. The molecule has 0 aromatic rings. The van der Waals surface area contributed by atoms with Gasteiger partial charge in [0.1, 0.15) is 0 Å². The van der Waals surface area contributed by atoms with Crippen molar-refractivity contribution in [1.29, 1.82) is 0 Å². The van der Waals surface area contributed by atoms with Crippen LogP contribution in [0.4, 0.5) is 0 Å². The maximum Gasteiger partial charge on any atom is 0 e. The Hall–Kier alpha value is 1.65. The van der Waals surface area contributed by atoms with Crippen molar-refractivity contribution in [2.75, 3.05) is 0 Å². The van der Waals surface area contributed by atoms with E-state index in [0.29, 0.717) is 0 Å². The van der Waals surface area contributed by atoms with Crippen LogP contribution >= 0.6 is 0 Å². The molecular weight excluding hydrogens is 317 g/mol. The quantitative estimate of drug-likeness (QED) is 0.522. The first-order valence-corrected chi connectivity index (χ1v) is 0. The molecular formula is H2CoNiOW. The maximum atomic E-state index is 0. The van der Waals surface area contributed by atoms with Gasteiger partial charge in [0.05, 0.1) is 0 Å². The molecule has 0 spiro atoms. The smallest absolute Gasteiger partial charge is 0 e. The zero-order chi connectivity index (χ0) is 0. The van der Waals surface area contributed by atoms with Crippen molar-refractivity contribution >= 4 is 0 Å². The van der Waals surface area contributed by atoms with Crippen LogP contribution in [0.5, 0.6) is 0 Å². The summed E-state index contributed by atoms with van der Waals surface area (Å²) in [5, 5.41) is 0. The van der Waals surface area contributed by atoms with E-state index in [1.165, 1.54) is 0 Å². The van der Waals surface area contributed by atoms with Gasteiger partial charge < -0.3 is 5.48 Å². The van der Waals surface area contributed by atoms with Gasteiger partial charge in [0.15, 0.2) is 0 Å². The molecule has 4 heavy (non-hydrogen) atoms. The molecule has 4 heteroatoms. The Morgan fingerprint density at radius 2 is 1.00 bits per heavy atom. The third-order valence-corrected chi connectivity index (χ3v) is 0. The predicted octanol–water partition coefficient (Wildman–Crippen LogP) is -0.832. The van der Waals surface area contributed by atoms with Gasteiger partial charge >= 0.3 is 0 Å². The van der Waals surface area contributed by atoms with Crippen LogP contribution in [0.1, 0.15) is 0 Å². The summed E-state index contributed by atoms with van der Waals surface area (Å²) >= 11 is 0. The monoisotopic (exact) mass is 319 g/mol. The summed E-state index contributed by atoms with van der Waals surface area (Å²) in [4.78, 5) is 0. The Morgan fingerprint density at radius 3 is 1.00 bits per heavy atom. The summed E-state index contributed by atoms with van der Waals surface area (Å²) in [7, 11) is 0. The second-order valence-electron chi connectivity index (χ2n) is 0. The normalized spacial score (nSPS) is 0. The van der Waals surface area contributed by atoms with Gasteiger partial charge in [-0.1, -0.05) is 0 Å². The molecule has 0 aromatic heterocycles. The fourth-order valence-electron chi connectivity index (χ4n) is 0. The minimum atomic E-state index is 0. The molecule has 0 saturated heterocycles. The molecule has 0 aliphatic carbocycles. The molecule has 1 nitrogen and oxygen atoms in total. The van der Waals surface area contributed by atoms with Crippen LogP contribution in [-0.4, -0.2) is 5.48 Å². The number of hydrogen-bond acceptors (Lipinski definition) is 0. The number of hydrogen-bond donors (Lipinski definition) is 0. The Morgan fingerprint density at radius 1 is 1.00 bits per heavy atom. The van der Waals surface area contributed by atoms with E-state index >= 15 is 0 Å². The minimum Gasteiger partial charge on any atom is -0.412 e. The fraction of sp³-hybridized carbons (Fsp3) is 0. The molecule has 0 aliphatic rings. The minimum absolute atomic E-state index is 0. The molecule has 0 atom stereocenters. The molecule has 0 saturated carbocycles. The summed E-state index contributed by atoms with van der Waals surface area (Å²) < 4.78 is 0. The predicted molar refractivity (Wildman–Crippen MR) is 3.61 cm³/mol. The summed E-state index contributed by atoms with van der Waals surface area (Å²) in [5.41, 5.74) is 0. The fourth-order valence-corrected chi connectivity index (χ4v) is 0. The van der Waals surface area contributed by atoms with Gasteiger partial charge in [-0.2, -0.15) is 0 Å². The van der Waals surface area contributed by atoms with Gasteiger partial charge in [0.25, 0.3) is 0 Å². The number of rotatable bonds is 0. The molecule has 0 fully saturated rings. The SMILES string of the molecule is O.[Co].[Ni].[W]. The summed E-state index contributed by atoms with van der Waals surface area (Å²) in [5.74, 6) is 0. The molecule has 0 bridgehead atoms. The van der Waals surface area contributed by atoms with E-state index in [4.69, 9.17) is 0 Å². The van der Waals surface area contributed by atoms with E-state index in [1.54, 1.807) is 0 Å². The van der Waals surface area contributed by atoms with Crippen LogP contribution in [0.15, 0.2) is 0 Å². The standard InChI is InChI=1S/Co.Ni.H2O.W/h;;1H2;. The van der Waals surface area contributed by atoms with Gasteiger partial charge in [-0.05, 0) is 0 Å². The van der Waals surface area contributed by atoms with Crippen LogP contribution in [-0.2, 0) is 54.3 Å². The summed E-state index contributed by atoms with van der Waals surface area (Å²) in [6, 6.07) is 0. The van der Waals surface area contributed by atoms with Crippen LogP contribution in [0.25, 0.3) is 0 Å². The van der Waals surface area contributed by atoms with Gasteiger partial charge in [0, 0.05) is 54.3 Å². The average molecular weight is 319 g/mol. The summed E-state index contributed by atoms with van der Waals surface area (Å²) in [6.45, 7) is 0. The van der Waals surface area contributed by atoms with Gasteiger partial charge in [0.2, 0.25) is 0 Å². The van der Waals surface area contributed by atoms with Crippen molar-refractivity contribution in [3.8, 4) is 0 Å². The van der Waals surface area contributed by atoms with E-state index in [2.05, 4.69) is 0 Å². The molecule has 33 valence electrons. The van der Waals surface area contributed by atoms with Crippen molar-refractivity contribution in [2.45, 2.75) is 0 Å². The first kappa shape index (κ1) is 44.9. The Balaban J connectivity index is 0. The third-order valence-electron chi connectivity index (χ3n) is 0. The maximum absolute atomic E-state index is 0. The molecule has 0 rings (SSSR count). The van der Waals surface area contributed by atoms with Gasteiger partial charge in [-0.25, -0.2) is 0 Å². The average Bonchev–Trinajstić information content (AvgIpc) is 0. The van der Waals surface area contributed by atoms with E-state index in [-0.39, 0.29) is 59.8 Å². The molecule has 2 N–H and O–H groups in total. The van der Waals surface area contributed by atoms with Crippen LogP contribution in [0.2, 0.25) is 0 Å². The van der Waals surface area contributed by atoms with Gasteiger partial charge in [-0.3, -0.25) is 0 Å². The van der Waals surface area contributed by atoms with E-state index in [1.807, 2.05) is 0 Å². The zero-order valence-corrected chi connectivity index (χ0v) is 6.52. The molecule has 0 heterocycles. The van der Waals surface area contributed by atoms with Crippen molar-refractivity contribution in [2.24, 2.45) is 0 Å². The van der Waals surface area contributed by atoms with Crippen molar-refractivity contribution in [1.82, 2.24) is 0 Å². The van der Waals surface area contributed by atoms with Crippen LogP contribution < -0.4 is 0 Å². The molecule has 0 aromatic carbocycles. The van der Waals surface area contributed by atoms with E-state index in [9.17, 15) is 0 Å². The van der Waals surface area contributed by atoms with Crippen LogP contribution in [0.3, 0.4) is 0 Å².